The maximum atomic E-state index is 13.4. The second-order valence-corrected chi connectivity index (χ2v) is 10.1. The number of thiocarbonyl (C=S) groups is 1. The number of aliphatic hydroxyl groups excluding tert-OH is 1. The maximum absolute atomic E-state index is 13.4. The number of carbonyl (C=O) groups is 1. The first-order chi connectivity index (χ1) is 16.5. The molecule has 7 nitrogen and oxygen atoms in total. The fourth-order valence-corrected chi connectivity index (χ4v) is 5.82. The Morgan fingerprint density at radius 1 is 1.15 bits per heavy atom. The van der Waals surface area contributed by atoms with Gasteiger partial charge in [0, 0.05) is 18.8 Å². The molecule has 2 aromatic heterocycles. The van der Waals surface area contributed by atoms with Gasteiger partial charge in [-0.1, -0.05) is 73.2 Å². The summed E-state index contributed by atoms with van der Waals surface area (Å²) in [5.41, 5.74) is 1.19. The Labute approximate surface area is 206 Å². The van der Waals surface area contributed by atoms with Gasteiger partial charge in [0.1, 0.15) is 15.8 Å². The molecule has 34 heavy (non-hydrogen) atoms. The van der Waals surface area contributed by atoms with Crippen molar-refractivity contribution in [3.05, 3.63) is 81.1 Å². The Morgan fingerprint density at radius 3 is 2.65 bits per heavy atom. The summed E-state index contributed by atoms with van der Waals surface area (Å²) in [4.78, 5) is 33.3. The van der Waals surface area contributed by atoms with Gasteiger partial charge in [0.2, 0.25) is 0 Å². The Morgan fingerprint density at radius 2 is 1.88 bits per heavy atom. The third-order valence-electron chi connectivity index (χ3n) is 6.21. The van der Waals surface area contributed by atoms with Crippen molar-refractivity contribution < 1.29 is 9.90 Å². The highest BCUT2D eigenvalue weighted by molar-refractivity contribution is 8.26. The molecule has 0 radical (unpaired) electrons. The standard InChI is InChI=1S/C25H24N4O3S2/c30-19(16-8-2-1-3-9-16)15-26-22-18(23(31)28-13-7-6-12-21(28)27-22)14-20-24(32)29(25(33)34-20)17-10-4-5-11-17/h1-3,6-9,12-14,17,19,26,30H,4-5,10-11,15H2. The topological polar surface area (TPSA) is 86.9 Å². The fourth-order valence-electron chi connectivity index (χ4n) is 4.44. The van der Waals surface area contributed by atoms with Gasteiger partial charge in [0.25, 0.3) is 11.5 Å². The van der Waals surface area contributed by atoms with Gasteiger partial charge in [-0.25, -0.2) is 4.98 Å². The molecule has 1 saturated heterocycles. The van der Waals surface area contributed by atoms with Crippen LogP contribution in [-0.2, 0) is 4.79 Å². The second-order valence-electron chi connectivity index (χ2n) is 8.41. The van der Waals surface area contributed by atoms with Gasteiger partial charge in [0.05, 0.1) is 16.6 Å². The van der Waals surface area contributed by atoms with E-state index in [4.69, 9.17) is 12.2 Å². The number of aliphatic hydroxyl groups is 1. The Balaban J connectivity index is 1.50. The van der Waals surface area contributed by atoms with E-state index in [0.717, 1.165) is 31.2 Å². The summed E-state index contributed by atoms with van der Waals surface area (Å²) in [5.74, 6) is 0.159. The van der Waals surface area contributed by atoms with Crippen molar-refractivity contribution in [2.75, 3.05) is 11.9 Å². The number of carbonyl (C=O) groups excluding carboxylic acids is 1. The lowest BCUT2D eigenvalue weighted by atomic mass is 10.1. The zero-order valence-electron chi connectivity index (χ0n) is 18.4. The quantitative estimate of drug-likeness (QED) is 0.398. The molecule has 174 valence electrons. The van der Waals surface area contributed by atoms with Crippen LogP contribution in [0.2, 0.25) is 0 Å². The Bertz CT molecular complexity index is 1330. The number of pyridine rings is 1. The average Bonchev–Trinajstić information content (AvgIpc) is 3.47. The molecule has 1 atom stereocenters. The van der Waals surface area contributed by atoms with Crippen LogP contribution in [-0.4, -0.2) is 42.2 Å². The highest BCUT2D eigenvalue weighted by atomic mass is 32.2. The number of nitrogens with one attached hydrogen (secondary N) is 1. The number of hydrogen-bond acceptors (Lipinski definition) is 7. The summed E-state index contributed by atoms with van der Waals surface area (Å²) in [6, 6.07) is 14.7. The van der Waals surface area contributed by atoms with Gasteiger partial charge in [-0.3, -0.25) is 18.9 Å². The fraction of sp³-hybridized carbons (Fsp3) is 0.280. The minimum Gasteiger partial charge on any atom is -0.387 e. The van der Waals surface area contributed by atoms with Crippen molar-refractivity contribution in [2.24, 2.45) is 0 Å². The van der Waals surface area contributed by atoms with E-state index in [1.807, 2.05) is 30.3 Å². The average molecular weight is 493 g/mol. The summed E-state index contributed by atoms with van der Waals surface area (Å²) in [6.45, 7) is 0.156. The van der Waals surface area contributed by atoms with E-state index < -0.39 is 6.10 Å². The van der Waals surface area contributed by atoms with E-state index >= 15 is 0 Å². The molecule has 5 rings (SSSR count). The summed E-state index contributed by atoms with van der Waals surface area (Å²) in [6.07, 6.45) is 6.52. The summed E-state index contributed by atoms with van der Waals surface area (Å²) in [5, 5.41) is 13.7. The number of aromatic nitrogens is 2. The van der Waals surface area contributed by atoms with Crippen LogP contribution in [0.4, 0.5) is 5.82 Å². The largest absolute Gasteiger partial charge is 0.387 e. The highest BCUT2D eigenvalue weighted by Crippen LogP contribution is 2.38. The molecular formula is C25H24N4O3S2. The monoisotopic (exact) mass is 492 g/mol. The van der Waals surface area contributed by atoms with Crippen LogP contribution in [0.5, 0.6) is 0 Å². The molecule has 1 aliphatic heterocycles. The van der Waals surface area contributed by atoms with Crippen molar-refractivity contribution in [3.8, 4) is 0 Å². The van der Waals surface area contributed by atoms with E-state index in [1.54, 1.807) is 35.4 Å². The summed E-state index contributed by atoms with van der Waals surface area (Å²) < 4.78 is 1.98. The van der Waals surface area contributed by atoms with Gasteiger partial charge >= 0.3 is 0 Å². The number of thioether (sulfide) groups is 1. The van der Waals surface area contributed by atoms with Crippen molar-refractivity contribution in [1.82, 2.24) is 14.3 Å². The van der Waals surface area contributed by atoms with Crippen LogP contribution < -0.4 is 10.9 Å². The van der Waals surface area contributed by atoms with Crippen LogP contribution >= 0.6 is 24.0 Å². The molecule has 2 N–H and O–H groups in total. The van der Waals surface area contributed by atoms with Gasteiger partial charge in [-0.05, 0) is 36.6 Å². The number of fused-ring (bicyclic) bond motifs is 1. The number of rotatable bonds is 6. The highest BCUT2D eigenvalue weighted by Gasteiger charge is 2.38. The molecule has 1 unspecified atom stereocenters. The van der Waals surface area contributed by atoms with E-state index in [1.165, 1.54) is 16.2 Å². The van der Waals surface area contributed by atoms with E-state index in [9.17, 15) is 14.7 Å². The van der Waals surface area contributed by atoms with E-state index in [0.29, 0.717) is 20.7 Å². The van der Waals surface area contributed by atoms with Gasteiger partial charge in [-0.2, -0.15) is 0 Å². The third kappa shape index (κ3) is 4.38. The first kappa shape index (κ1) is 22.8. The maximum Gasteiger partial charge on any atom is 0.267 e. The number of nitrogens with zero attached hydrogens (tertiary/aromatic N) is 3. The first-order valence-electron chi connectivity index (χ1n) is 11.3. The molecule has 3 heterocycles. The number of benzene rings is 1. The van der Waals surface area contributed by atoms with Crippen molar-refractivity contribution >= 4 is 51.7 Å². The Hall–Kier alpha value is -3.01. The molecule has 0 bridgehead atoms. The number of amides is 1. The molecular weight excluding hydrogens is 468 g/mol. The predicted molar refractivity (Wildman–Crippen MR) is 139 cm³/mol. The molecule has 1 saturated carbocycles. The third-order valence-corrected chi connectivity index (χ3v) is 7.54. The lowest BCUT2D eigenvalue weighted by Gasteiger charge is -2.21. The molecule has 1 aliphatic carbocycles. The SMILES string of the molecule is O=C1C(=Cc2c(NCC(O)c3ccccc3)nc3ccccn3c2=O)SC(=S)N1C1CCCC1. The van der Waals surface area contributed by atoms with Crippen LogP contribution in [0.15, 0.2) is 64.4 Å². The molecule has 1 aromatic carbocycles. The smallest absolute Gasteiger partial charge is 0.267 e. The molecule has 2 aliphatic rings. The molecule has 1 amide bonds. The second kappa shape index (κ2) is 9.69. The van der Waals surface area contributed by atoms with Crippen molar-refractivity contribution in [2.45, 2.75) is 37.8 Å². The van der Waals surface area contributed by atoms with E-state index in [-0.39, 0.29) is 29.6 Å². The lowest BCUT2D eigenvalue weighted by molar-refractivity contribution is -0.123. The Kier molecular flexibility index (Phi) is 6.49. The number of anilines is 1. The first-order valence-corrected chi connectivity index (χ1v) is 12.5. The number of hydrogen-bond donors (Lipinski definition) is 2. The lowest BCUT2D eigenvalue weighted by Crippen LogP contribution is -2.36. The zero-order chi connectivity index (χ0) is 23.7. The predicted octanol–water partition coefficient (Wildman–Crippen LogP) is 3.98. The molecule has 3 aromatic rings. The minimum absolute atomic E-state index is 0.132. The van der Waals surface area contributed by atoms with Crippen LogP contribution in [0.1, 0.15) is 42.9 Å². The van der Waals surface area contributed by atoms with Crippen LogP contribution in [0.3, 0.4) is 0 Å². The summed E-state index contributed by atoms with van der Waals surface area (Å²) >= 11 is 6.73. The normalized spacial score (nSPS) is 18.9. The molecule has 0 spiro atoms. The zero-order valence-corrected chi connectivity index (χ0v) is 20.0. The van der Waals surface area contributed by atoms with Crippen LogP contribution in [0, 0.1) is 0 Å². The minimum atomic E-state index is -0.786. The van der Waals surface area contributed by atoms with Gasteiger partial charge in [0.15, 0.2) is 0 Å². The van der Waals surface area contributed by atoms with Gasteiger partial charge in [-0.15, -0.1) is 0 Å². The van der Waals surface area contributed by atoms with Crippen molar-refractivity contribution in [1.29, 1.82) is 0 Å². The molecule has 2 fully saturated rings. The van der Waals surface area contributed by atoms with Crippen LogP contribution in [0.25, 0.3) is 11.7 Å². The molecule has 9 heteroatoms. The van der Waals surface area contributed by atoms with E-state index in [2.05, 4.69) is 10.3 Å². The van der Waals surface area contributed by atoms with Crippen molar-refractivity contribution in [3.63, 3.8) is 0 Å². The summed E-state index contributed by atoms with van der Waals surface area (Å²) in [7, 11) is 0. The van der Waals surface area contributed by atoms with Gasteiger partial charge < -0.3 is 10.4 Å².